The van der Waals surface area contributed by atoms with Crippen molar-refractivity contribution in [2.75, 3.05) is 13.1 Å². The van der Waals surface area contributed by atoms with Gasteiger partial charge in [-0.1, -0.05) is 49.9 Å². The highest BCUT2D eigenvalue weighted by Crippen LogP contribution is 2.25. The summed E-state index contributed by atoms with van der Waals surface area (Å²) >= 11 is 1.38. The van der Waals surface area contributed by atoms with Gasteiger partial charge in [0.25, 0.3) is 0 Å². The Morgan fingerprint density at radius 1 is 1.38 bits per heavy atom. The van der Waals surface area contributed by atoms with Gasteiger partial charge in [-0.05, 0) is 23.5 Å². The Labute approximate surface area is 146 Å². The van der Waals surface area contributed by atoms with Crippen LogP contribution < -0.4 is 5.32 Å². The highest BCUT2D eigenvalue weighted by Gasteiger charge is 2.33. The van der Waals surface area contributed by atoms with Crippen molar-refractivity contribution in [3.63, 3.8) is 0 Å². The van der Waals surface area contributed by atoms with Crippen molar-refractivity contribution in [3.05, 3.63) is 35.4 Å². The standard InChI is InChI=1S/C18H23N3O2S/c1-12(2)10-19-18-20-17(23)15(24-18)9-16(22)21-8-7-13-5-3-4-6-14(13)11-21/h3-6,12,15H,7-11H2,1-2H3,(H,19,20,23). The minimum atomic E-state index is -0.361. The number of hydrogen-bond donors (Lipinski definition) is 1. The molecule has 128 valence electrons. The average molecular weight is 345 g/mol. The number of benzene rings is 1. The Morgan fingerprint density at radius 2 is 2.12 bits per heavy atom. The molecule has 1 fully saturated rings. The monoisotopic (exact) mass is 345 g/mol. The molecule has 1 saturated heterocycles. The Kier molecular flexibility index (Phi) is 5.23. The van der Waals surface area contributed by atoms with Crippen LogP contribution in [-0.4, -0.2) is 40.2 Å². The molecule has 0 radical (unpaired) electrons. The van der Waals surface area contributed by atoms with Crippen LogP contribution in [0.25, 0.3) is 0 Å². The van der Waals surface area contributed by atoms with Crippen LogP contribution in [0.5, 0.6) is 0 Å². The van der Waals surface area contributed by atoms with Crippen molar-refractivity contribution >= 4 is 28.7 Å². The predicted octanol–water partition coefficient (Wildman–Crippen LogP) is 2.21. The van der Waals surface area contributed by atoms with E-state index >= 15 is 0 Å². The highest BCUT2D eigenvalue weighted by molar-refractivity contribution is 8.15. The molecule has 1 aromatic rings. The number of carbonyl (C=O) groups excluding carboxylic acids is 2. The van der Waals surface area contributed by atoms with E-state index in [9.17, 15) is 9.59 Å². The van der Waals surface area contributed by atoms with E-state index in [2.05, 4.69) is 36.3 Å². The van der Waals surface area contributed by atoms with E-state index in [-0.39, 0.29) is 23.5 Å². The minimum Gasteiger partial charge on any atom is -0.338 e. The molecule has 6 heteroatoms. The molecule has 5 nitrogen and oxygen atoms in total. The van der Waals surface area contributed by atoms with Crippen molar-refractivity contribution in [2.24, 2.45) is 10.9 Å². The fraction of sp³-hybridized carbons (Fsp3) is 0.500. The van der Waals surface area contributed by atoms with Crippen molar-refractivity contribution in [1.82, 2.24) is 10.2 Å². The Bertz CT molecular complexity index is 672. The summed E-state index contributed by atoms with van der Waals surface area (Å²) in [4.78, 5) is 30.9. The second-order valence-corrected chi connectivity index (χ2v) is 7.86. The molecule has 2 heterocycles. The lowest BCUT2D eigenvalue weighted by Gasteiger charge is -2.29. The van der Waals surface area contributed by atoms with E-state index in [0.29, 0.717) is 24.2 Å². The second-order valence-electron chi connectivity index (χ2n) is 6.67. The summed E-state index contributed by atoms with van der Waals surface area (Å²) < 4.78 is 0. The maximum Gasteiger partial charge on any atom is 0.240 e. The average Bonchev–Trinajstić information content (AvgIpc) is 2.92. The summed E-state index contributed by atoms with van der Waals surface area (Å²) in [5.74, 6) is 0.389. The van der Waals surface area contributed by atoms with Crippen molar-refractivity contribution in [1.29, 1.82) is 0 Å². The summed E-state index contributed by atoms with van der Waals surface area (Å²) in [6.45, 7) is 6.22. The van der Waals surface area contributed by atoms with E-state index in [1.807, 2.05) is 17.0 Å². The van der Waals surface area contributed by atoms with Gasteiger partial charge in [0.2, 0.25) is 11.8 Å². The van der Waals surface area contributed by atoms with Crippen LogP contribution in [0.3, 0.4) is 0 Å². The topological polar surface area (TPSA) is 61.8 Å². The molecule has 1 N–H and O–H groups in total. The first-order chi connectivity index (χ1) is 11.5. The van der Waals surface area contributed by atoms with Crippen LogP contribution in [0.15, 0.2) is 29.3 Å². The lowest BCUT2D eigenvalue weighted by molar-refractivity contribution is -0.133. The number of thioether (sulfide) groups is 1. The maximum absolute atomic E-state index is 12.6. The molecule has 0 spiro atoms. The highest BCUT2D eigenvalue weighted by atomic mass is 32.2. The molecule has 0 bridgehead atoms. The predicted molar refractivity (Wildman–Crippen MR) is 96.8 cm³/mol. The van der Waals surface area contributed by atoms with Crippen LogP contribution >= 0.6 is 11.8 Å². The Balaban J connectivity index is 1.58. The van der Waals surface area contributed by atoms with Gasteiger partial charge in [-0.15, -0.1) is 0 Å². The largest absolute Gasteiger partial charge is 0.338 e. The number of amides is 2. The van der Waals surface area contributed by atoms with Gasteiger partial charge < -0.3 is 10.2 Å². The van der Waals surface area contributed by atoms with Gasteiger partial charge in [0.15, 0.2) is 5.17 Å². The molecule has 2 aliphatic heterocycles. The smallest absolute Gasteiger partial charge is 0.240 e. The molecule has 2 amide bonds. The van der Waals surface area contributed by atoms with Crippen LogP contribution in [0.2, 0.25) is 0 Å². The van der Waals surface area contributed by atoms with Gasteiger partial charge in [-0.2, -0.15) is 0 Å². The third kappa shape index (κ3) is 3.98. The van der Waals surface area contributed by atoms with Crippen LogP contribution in [0, 0.1) is 5.92 Å². The molecule has 1 atom stereocenters. The fourth-order valence-corrected chi connectivity index (χ4v) is 3.85. The molecular weight excluding hydrogens is 322 g/mol. The summed E-state index contributed by atoms with van der Waals surface area (Å²) in [6.07, 6.45) is 1.12. The molecule has 0 aliphatic carbocycles. The van der Waals surface area contributed by atoms with Gasteiger partial charge in [-0.25, -0.2) is 0 Å². The van der Waals surface area contributed by atoms with Gasteiger partial charge in [0.1, 0.15) is 5.25 Å². The Morgan fingerprint density at radius 3 is 2.88 bits per heavy atom. The molecule has 0 saturated carbocycles. The molecule has 0 aromatic heterocycles. The summed E-state index contributed by atoms with van der Waals surface area (Å²) in [6, 6.07) is 8.23. The van der Waals surface area contributed by atoms with Gasteiger partial charge in [0.05, 0.1) is 0 Å². The molecule has 24 heavy (non-hydrogen) atoms. The van der Waals surface area contributed by atoms with Crippen LogP contribution in [0.4, 0.5) is 0 Å². The third-order valence-electron chi connectivity index (χ3n) is 4.22. The first kappa shape index (κ1) is 17.0. The third-order valence-corrected chi connectivity index (χ3v) is 5.34. The fourth-order valence-electron chi connectivity index (χ4n) is 2.88. The second kappa shape index (κ2) is 7.38. The molecule has 1 aromatic carbocycles. The first-order valence-electron chi connectivity index (χ1n) is 8.39. The van der Waals surface area contributed by atoms with E-state index in [1.165, 1.54) is 22.9 Å². The van der Waals surface area contributed by atoms with E-state index in [1.54, 1.807) is 0 Å². The SMILES string of the molecule is CC(C)CN=C1NC(=O)C(CC(=O)N2CCc3ccccc3C2)S1. The van der Waals surface area contributed by atoms with Crippen molar-refractivity contribution in [2.45, 2.75) is 38.5 Å². The van der Waals surface area contributed by atoms with Gasteiger partial charge >= 0.3 is 0 Å². The molecule has 3 rings (SSSR count). The number of aliphatic imine (C=N–C) groups is 1. The normalized spacial score (nSPS) is 22.0. The van der Waals surface area contributed by atoms with E-state index in [4.69, 9.17) is 0 Å². The number of rotatable bonds is 4. The zero-order valence-corrected chi connectivity index (χ0v) is 14.9. The van der Waals surface area contributed by atoms with Crippen molar-refractivity contribution < 1.29 is 9.59 Å². The lowest BCUT2D eigenvalue weighted by atomic mass is 9.99. The number of nitrogens with zero attached hydrogens (tertiary/aromatic N) is 2. The number of amidine groups is 1. The zero-order valence-electron chi connectivity index (χ0n) is 14.1. The number of fused-ring (bicyclic) bond motifs is 1. The minimum absolute atomic E-state index is 0.0438. The lowest BCUT2D eigenvalue weighted by Crippen LogP contribution is -2.38. The molecule has 2 aliphatic rings. The van der Waals surface area contributed by atoms with Gasteiger partial charge in [-0.3, -0.25) is 14.6 Å². The molecular formula is C18H23N3O2S. The first-order valence-corrected chi connectivity index (χ1v) is 9.27. The summed E-state index contributed by atoms with van der Waals surface area (Å²) in [7, 11) is 0. The van der Waals surface area contributed by atoms with E-state index < -0.39 is 0 Å². The number of nitrogens with one attached hydrogen (secondary N) is 1. The Hall–Kier alpha value is -1.82. The maximum atomic E-state index is 12.6. The number of carbonyl (C=O) groups is 2. The van der Waals surface area contributed by atoms with E-state index in [0.717, 1.165) is 13.0 Å². The summed E-state index contributed by atoms with van der Waals surface area (Å²) in [5, 5.41) is 3.07. The summed E-state index contributed by atoms with van der Waals surface area (Å²) in [5.41, 5.74) is 2.53. The zero-order chi connectivity index (χ0) is 17.1. The quantitative estimate of drug-likeness (QED) is 0.910. The molecule has 1 unspecified atom stereocenters. The number of hydrogen-bond acceptors (Lipinski definition) is 4. The van der Waals surface area contributed by atoms with Crippen molar-refractivity contribution in [3.8, 4) is 0 Å². The van der Waals surface area contributed by atoms with Crippen LogP contribution in [0.1, 0.15) is 31.4 Å². The van der Waals surface area contributed by atoms with Crippen LogP contribution in [-0.2, 0) is 22.6 Å². The van der Waals surface area contributed by atoms with Gasteiger partial charge in [0, 0.05) is 26.1 Å².